The van der Waals surface area contributed by atoms with Gasteiger partial charge >= 0.3 is 5.97 Å². The second-order valence-corrected chi connectivity index (χ2v) is 3.23. The number of aromatic nitrogens is 2. The van der Waals surface area contributed by atoms with E-state index >= 15 is 0 Å². The lowest BCUT2D eigenvalue weighted by Gasteiger charge is -2.03. The largest absolute Gasteiger partial charge is 0.477 e. The molecule has 1 N–H and O–H groups in total. The van der Waals surface area contributed by atoms with Crippen molar-refractivity contribution < 1.29 is 18.7 Å². The molecule has 0 saturated carbocycles. The molecule has 4 nitrogen and oxygen atoms in total. The molecule has 0 unspecified atom stereocenters. The minimum atomic E-state index is -1.65. The maximum absolute atomic E-state index is 13.4. The predicted octanol–water partition coefficient (Wildman–Crippen LogP) is 2.12. The van der Waals surface area contributed by atoms with E-state index in [0.717, 1.165) is 12.1 Å². The molecule has 86 valence electrons. The Morgan fingerprint density at radius 3 is 2.35 bits per heavy atom. The molecule has 0 amide bonds. The topological polar surface area (TPSA) is 63.1 Å². The zero-order valence-corrected chi connectivity index (χ0v) is 8.39. The molecule has 6 heteroatoms. The van der Waals surface area contributed by atoms with Crippen molar-refractivity contribution in [1.29, 1.82) is 0 Å². The molecular formula is C11H6F2N2O2. The molecule has 0 fully saturated rings. The number of benzene rings is 1. The van der Waals surface area contributed by atoms with Gasteiger partial charge in [-0.15, -0.1) is 0 Å². The van der Waals surface area contributed by atoms with E-state index in [9.17, 15) is 13.6 Å². The Morgan fingerprint density at radius 2 is 1.88 bits per heavy atom. The van der Waals surface area contributed by atoms with Gasteiger partial charge in [0.15, 0.2) is 0 Å². The van der Waals surface area contributed by atoms with Crippen molar-refractivity contribution in [3.05, 3.63) is 47.7 Å². The average molecular weight is 236 g/mol. The Hall–Kier alpha value is -2.37. The predicted molar refractivity (Wildman–Crippen MR) is 54.3 cm³/mol. The summed E-state index contributed by atoms with van der Waals surface area (Å²) in [5.74, 6) is -3.93. The molecule has 0 bridgehead atoms. The van der Waals surface area contributed by atoms with E-state index in [1.165, 1.54) is 12.3 Å². The molecule has 2 rings (SSSR count). The van der Waals surface area contributed by atoms with E-state index in [2.05, 4.69) is 10.2 Å². The van der Waals surface area contributed by atoms with Crippen LogP contribution >= 0.6 is 0 Å². The van der Waals surface area contributed by atoms with Gasteiger partial charge in [0.1, 0.15) is 17.2 Å². The van der Waals surface area contributed by atoms with Gasteiger partial charge in [0.2, 0.25) is 0 Å². The maximum Gasteiger partial charge on any atom is 0.341 e. The molecule has 0 radical (unpaired) electrons. The van der Waals surface area contributed by atoms with Crippen molar-refractivity contribution in [1.82, 2.24) is 10.2 Å². The average Bonchev–Trinajstić information content (AvgIpc) is 2.28. The lowest BCUT2D eigenvalue weighted by molar-refractivity contribution is 0.0686. The van der Waals surface area contributed by atoms with Crippen LogP contribution in [0.15, 0.2) is 30.5 Å². The normalized spacial score (nSPS) is 10.2. The number of nitrogens with zero attached hydrogens (tertiary/aromatic N) is 2. The van der Waals surface area contributed by atoms with Crippen LogP contribution in [0.1, 0.15) is 10.4 Å². The van der Waals surface area contributed by atoms with Crippen molar-refractivity contribution in [2.75, 3.05) is 0 Å². The lowest BCUT2D eigenvalue weighted by atomic mass is 10.1. The molecular weight excluding hydrogens is 230 g/mol. The van der Waals surface area contributed by atoms with Crippen molar-refractivity contribution in [3.63, 3.8) is 0 Å². The third-order valence-corrected chi connectivity index (χ3v) is 2.12. The maximum atomic E-state index is 13.4. The first-order valence-corrected chi connectivity index (χ1v) is 4.60. The van der Waals surface area contributed by atoms with E-state index in [-0.39, 0.29) is 11.3 Å². The number of carboxylic acids is 1. The van der Waals surface area contributed by atoms with Gasteiger partial charge in [0, 0.05) is 11.8 Å². The van der Waals surface area contributed by atoms with Gasteiger partial charge in [-0.05, 0) is 24.3 Å². The van der Waals surface area contributed by atoms with E-state index in [1.807, 2.05) is 0 Å². The van der Waals surface area contributed by atoms with Crippen LogP contribution < -0.4 is 0 Å². The highest BCUT2D eigenvalue weighted by molar-refractivity contribution is 5.89. The molecule has 0 spiro atoms. The second kappa shape index (κ2) is 4.25. The van der Waals surface area contributed by atoms with Crippen molar-refractivity contribution in [2.45, 2.75) is 0 Å². The third-order valence-electron chi connectivity index (χ3n) is 2.12. The van der Waals surface area contributed by atoms with Gasteiger partial charge in [0.05, 0.1) is 5.69 Å². The van der Waals surface area contributed by atoms with E-state index in [4.69, 9.17) is 5.11 Å². The minimum Gasteiger partial charge on any atom is -0.477 e. The molecule has 0 aliphatic carbocycles. The van der Waals surface area contributed by atoms with Gasteiger partial charge < -0.3 is 5.11 Å². The van der Waals surface area contributed by atoms with Gasteiger partial charge in [0.25, 0.3) is 0 Å². The summed E-state index contributed by atoms with van der Waals surface area (Å²) in [7, 11) is 0. The van der Waals surface area contributed by atoms with Crippen molar-refractivity contribution >= 4 is 5.97 Å². The minimum absolute atomic E-state index is 0.137. The summed E-state index contributed by atoms with van der Waals surface area (Å²) in [6, 6.07) is 4.90. The number of halogens is 2. The highest BCUT2D eigenvalue weighted by atomic mass is 19.1. The molecule has 1 aromatic carbocycles. The van der Waals surface area contributed by atoms with Gasteiger partial charge in [-0.2, -0.15) is 10.2 Å². The highest BCUT2D eigenvalue weighted by Gasteiger charge is 2.18. The molecule has 17 heavy (non-hydrogen) atoms. The van der Waals surface area contributed by atoms with Gasteiger partial charge in [-0.25, -0.2) is 13.6 Å². The summed E-state index contributed by atoms with van der Waals surface area (Å²) in [5, 5.41) is 15.8. The summed E-state index contributed by atoms with van der Waals surface area (Å²) >= 11 is 0. The molecule has 1 heterocycles. The zero-order chi connectivity index (χ0) is 12.4. The summed E-state index contributed by atoms with van der Waals surface area (Å²) in [6.07, 6.45) is 1.42. The molecule has 0 aliphatic rings. The van der Waals surface area contributed by atoms with Gasteiger partial charge in [-0.3, -0.25) is 0 Å². The molecule has 0 aliphatic heterocycles. The van der Waals surface area contributed by atoms with Crippen LogP contribution in [0.2, 0.25) is 0 Å². The van der Waals surface area contributed by atoms with Crippen LogP contribution in [-0.2, 0) is 0 Å². The first-order valence-electron chi connectivity index (χ1n) is 4.60. The third kappa shape index (κ3) is 2.10. The van der Waals surface area contributed by atoms with Crippen LogP contribution in [0.4, 0.5) is 8.78 Å². The monoisotopic (exact) mass is 236 g/mol. The number of rotatable bonds is 2. The summed E-state index contributed by atoms with van der Waals surface area (Å²) in [6.45, 7) is 0. The van der Waals surface area contributed by atoms with Crippen LogP contribution in [0.25, 0.3) is 11.3 Å². The fourth-order valence-electron chi connectivity index (χ4n) is 1.38. The summed E-state index contributed by atoms with van der Waals surface area (Å²) < 4.78 is 26.8. The fraction of sp³-hybridized carbons (Fsp3) is 0. The van der Waals surface area contributed by atoms with Crippen molar-refractivity contribution in [3.8, 4) is 11.3 Å². The lowest BCUT2D eigenvalue weighted by Crippen LogP contribution is -2.05. The van der Waals surface area contributed by atoms with E-state index in [0.29, 0.717) is 0 Å². The number of aromatic carboxylic acids is 1. The van der Waals surface area contributed by atoms with Crippen LogP contribution in [0.5, 0.6) is 0 Å². The second-order valence-electron chi connectivity index (χ2n) is 3.23. The Kier molecular flexibility index (Phi) is 2.78. The number of carboxylic acid groups (broad SMARTS) is 1. The molecule has 0 atom stereocenters. The summed E-state index contributed by atoms with van der Waals surface area (Å²) in [5.41, 5.74) is -0.571. The SMILES string of the molecule is O=C(O)c1c(F)cc(-c2cccnn2)cc1F. The summed E-state index contributed by atoms with van der Waals surface area (Å²) in [4.78, 5) is 10.6. The van der Waals surface area contributed by atoms with Crippen molar-refractivity contribution in [2.24, 2.45) is 0 Å². The Morgan fingerprint density at radius 1 is 1.24 bits per heavy atom. The molecule has 2 aromatic rings. The van der Waals surface area contributed by atoms with Crippen LogP contribution in [0, 0.1) is 11.6 Å². The van der Waals surface area contributed by atoms with Gasteiger partial charge in [-0.1, -0.05) is 0 Å². The standard InChI is InChI=1S/C11H6F2N2O2/c12-7-4-6(9-2-1-3-14-15-9)5-8(13)10(7)11(16)17/h1-5H,(H,16,17). The first-order chi connectivity index (χ1) is 8.09. The number of carbonyl (C=O) groups is 1. The van der Waals surface area contributed by atoms with E-state index in [1.54, 1.807) is 6.07 Å². The Balaban J connectivity index is 2.57. The fourth-order valence-corrected chi connectivity index (χ4v) is 1.38. The number of hydrogen-bond donors (Lipinski definition) is 1. The zero-order valence-electron chi connectivity index (χ0n) is 8.39. The Bertz CT molecular complexity index is 550. The quantitative estimate of drug-likeness (QED) is 0.867. The number of hydrogen-bond acceptors (Lipinski definition) is 3. The molecule has 0 saturated heterocycles. The van der Waals surface area contributed by atoms with Crippen LogP contribution in [-0.4, -0.2) is 21.3 Å². The Labute approximate surface area is 94.5 Å². The molecule has 1 aromatic heterocycles. The smallest absolute Gasteiger partial charge is 0.341 e. The first kappa shape index (κ1) is 11.1. The highest BCUT2D eigenvalue weighted by Crippen LogP contribution is 2.22. The van der Waals surface area contributed by atoms with Crippen LogP contribution in [0.3, 0.4) is 0 Å². The van der Waals surface area contributed by atoms with E-state index < -0.39 is 23.2 Å².